The standard InChI is InChI=1S/C11H10F2O3/c12-8-2-1-7(10(13)6-8)5-9(14)3-4-11(15)16/h1-2,6H,3-5H2,(H,15,16). The first kappa shape index (κ1) is 12.3. The van der Waals surface area contributed by atoms with Gasteiger partial charge in [0.15, 0.2) is 0 Å². The SMILES string of the molecule is O=C(O)CCC(=O)Cc1ccc(F)cc1F. The minimum absolute atomic E-state index is 0.0804. The second-order valence-corrected chi connectivity index (χ2v) is 3.34. The monoisotopic (exact) mass is 228 g/mol. The van der Waals surface area contributed by atoms with E-state index in [0.717, 1.165) is 6.07 Å². The molecule has 0 aromatic heterocycles. The third-order valence-electron chi connectivity index (χ3n) is 2.02. The number of hydrogen-bond donors (Lipinski definition) is 1. The molecule has 1 rings (SSSR count). The Morgan fingerprint density at radius 1 is 1.19 bits per heavy atom. The maximum atomic E-state index is 13.1. The van der Waals surface area contributed by atoms with E-state index in [1.54, 1.807) is 0 Å². The van der Waals surface area contributed by atoms with Crippen molar-refractivity contribution in [3.8, 4) is 0 Å². The summed E-state index contributed by atoms with van der Waals surface area (Å²) in [5, 5.41) is 8.34. The van der Waals surface area contributed by atoms with Gasteiger partial charge in [-0.3, -0.25) is 9.59 Å². The number of aliphatic carboxylic acids is 1. The van der Waals surface area contributed by atoms with E-state index < -0.39 is 17.6 Å². The highest BCUT2D eigenvalue weighted by atomic mass is 19.1. The van der Waals surface area contributed by atoms with Gasteiger partial charge in [0, 0.05) is 18.9 Å². The summed E-state index contributed by atoms with van der Waals surface area (Å²) in [5.41, 5.74) is 0.0804. The molecule has 0 heterocycles. The van der Waals surface area contributed by atoms with Crippen LogP contribution >= 0.6 is 0 Å². The molecule has 0 unspecified atom stereocenters. The fourth-order valence-corrected chi connectivity index (χ4v) is 1.21. The molecule has 0 aliphatic carbocycles. The lowest BCUT2D eigenvalue weighted by molar-refractivity contribution is -0.138. The molecule has 0 fully saturated rings. The van der Waals surface area contributed by atoms with Crippen molar-refractivity contribution in [3.05, 3.63) is 35.4 Å². The maximum absolute atomic E-state index is 13.1. The summed E-state index contributed by atoms with van der Waals surface area (Å²) < 4.78 is 25.6. The predicted octanol–water partition coefficient (Wildman–Crippen LogP) is 1.94. The van der Waals surface area contributed by atoms with E-state index in [0.29, 0.717) is 6.07 Å². The van der Waals surface area contributed by atoms with Gasteiger partial charge in [0.2, 0.25) is 0 Å². The van der Waals surface area contributed by atoms with Crippen molar-refractivity contribution in [2.75, 3.05) is 0 Å². The number of carboxylic acid groups (broad SMARTS) is 1. The van der Waals surface area contributed by atoms with Gasteiger partial charge >= 0.3 is 5.97 Å². The summed E-state index contributed by atoms with van der Waals surface area (Å²) in [7, 11) is 0. The fraction of sp³-hybridized carbons (Fsp3) is 0.273. The third kappa shape index (κ3) is 3.76. The minimum atomic E-state index is -1.08. The van der Waals surface area contributed by atoms with Crippen LogP contribution in [0.5, 0.6) is 0 Å². The van der Waals surface area contributed by atoms with E-state index in [4.69, 9.17) is 5.11 Å². The highest BCUT2D eigenvalue weighted by Crippen LogP contribution is 2.11. The Bertz CT molecular complexity index is 416. The van der Waals surface area contributed by atoms with Crippen LogP contribution in [0.25, 0.3) is 0 Å². The van der Waals surface area contributed by atoms with Crippen molar-refractivity contribution >= 4 is 11.8 Å². The zero-order valence-corrected chi connectivity index (χ0v) is 8.37. The molecule has 1 aromatic carbocycles. The number of halogens is 2. The number of rotatable bonds is 5. The molecular weight excluding hydrogens is 218 g/mol. The van der Waals surface area contributed by atoms with E-state index in [9.17, 15) is 18.4 Å². The van der Waals surface area contributed by atoms with Crippen LogP contribution in [-0.2, 0) is 16.0 Å². The topological polar surface area (TPSA) is 54.4 Å². The lowest BCUT2D eigenvalue weighted by atomic mass is 10.1. The Morgan fingerprint density at radius 3 is 2.44 bits per heavy atom. The first-order valence-electron chi connectivity index (χ1n) is 4.66. The van der Waals surface area contributed by atoms with Gasteiger partial charge in [0.25, 0.3) is 0 Å². The molecule has 0 saturated heterocycles. The molecule has 0 radical (unpaired) electrons. The van der Waals surface area contributed by atoms with Crippen molar-refractivity contribution in [3.63, 3.8) is 0 Å². The molecule has 0 spiro atoms. The molecule has 0 atom stereocenters. The maximum Gasteiger partial charge on any atom is 0.303 e. The molecule has 5 heteroatoms. The van der Waals surface area contributed by atoms with Gasteiger partial charge in [-0.05, 0) is 11.6 Å². The Kier molecular flexibility index (Phi) is 4.10. The molecule has 0 amide bonds. The molecule has 0 aliphatic heterocycles. The van der Waals surface area contributed by atoms with Crippen molar-refractivity contribution < 1.29 is 23.5 Å². The number of ketones is 1. The van der Waals surface area contributed by atoms with Crippen LogP contribution in [0.2, 0.25) is 0 Å². The van der Waals surface area contributed by atoms with Crippen LogP contribution < -0.4 is 0 Å². The van der Waals surface area contributed by atoms with Gasteiger partial charge in [-0.25, -0.2) is 8.78 Å². The van der Waals surface area contributed by atoms with Gasteiger partial charge in [0.1, 0.15) is 17.4 Å². The summed E-state index contributed by atoms with van der Waals surface area (Å²) in [6.07, 6.45) is -0.632. The van der Waals surface area contributed by atoms with Gasteiger partial charge in [-0.15, -0.1) is 0 Å². The zero-order valence-electron chi connectivity index (χ0n) is 8.37. The zero-order chi connectivity index (χ0) is 12.1. The number of carbonyl (C=O) groups is 2. The molecule has 3 nitrogen and oxygen atoms in total. The van der Waals surface area contributed by atoms with E-state index in [-0.39, 0.29) is 30.6 Å². The molecule has 1 aromatic rings. The second kappa shape index (κ2) is 5.34. The van der Waals surface area contributed by atoms with E-state index in [1.807, 2.05) is 0 Å². The van der Waals surface area contributed by atoms with Gasteiger partial charge in [-0.1, -0.05) is 6.07 Å². The fourth-order valence-electron chi connectivity index (χ4n) is 1.21. The second-order valence-electron chi connectivity index (χ2n) is 3.34. The third-order valence-corrected chi connectivity index (χ3v) is 2.02. The molecule has 0 aliphatic rings. The first-order valence-corrected chi connectivity index (χ1v) is 4.66. The van der Waals surface area contributed by atoms with E-state index in [2.05, 4.69) is 0 Å². The van der Waals surface area contributed by atoms with Crippen LogP contribution in [0, 0.1) is 11.6 Å². The Morgan fingerprint density at radius 2 is 1.88 bits per heavy atom. The van der Waals surface area contributed by atoms with E-state index >= 15 is 0 Å². The highest BCUT2D eigenvalue weighted by Gasteiger charge is 2.10. The smallest absolute Gasteiger partial charge is 0.303 e. The molecular formula is C11H10F2O3. The van der Waals surface area contributed by atoms with Gasteiger partial charge in [-0.2, -0.15) is 0 Å². The van der Waals surface area contributed by atoms with Crippen LogP contribution in [0.4, 0.5) is 8.78 Å². The quantitative estimate of drug-likeness (QED) is 0.837. The van der Waals surface area contributed by atoms with E-state index in [1.165, 1.54) is 6.07 Å². The number of hydrogen-bond acceptors (Lipinski definition) is 2. The van der Waals surface area contributed by atoms with Crippen LogP contribution in [0.3, 0.4) is 0 Å². The summed E-state index contributed by atoms with van der Waals surface area (Å²) in [6.45, 7) is 0. The van der Waals surface area contributed by atoms with Crippen molar-refractivity contribution in [1.82, 2.24) is 0 Å². The molecule has 0 bridgehead atoms. The Hall–Kier alpha value is -1.78. The Labute approximate surface area is 90.7 Å². The number of carboxylic acids is 1. The Balaban J connectivity index is 2.59. The highest BCUT2D eigenvalue weighted by molar-refractivity contribution is 5.84. The van der Waals surface area contributed by atoms with Crippen LogP contribution in [0.15, 0.2) is 18.2 Å². The minimum Gasteiger partial charge on any atom is -0.481 e. The summed E-state index contributed by atoms with van der Waals surface area (Å²) >= 11 is 0. The summed E-state index contributed by atoms with van der Waals surface area (Å²) in [5.74, 6) is -2.95. The average Bonchev–Trinajstić information content (AvgIpc) is 2.19. The largest absolute Gasteiger partial charge is 0.481 e. The summed E-state index contributed by atoms with van der Waals surface area (Å²) in [4.78, 5) is 21.4. The lowest BCUT2D eigenvalue weighted by Gasteiger charge is -2.01. The average molecular weight is 228 g/mol. The van der Waals surface area contributed by atoms with Crippen molar-refractivity contribution in [2.45, 2.75) is 19.3 Å². The molecule has 16 heavy (non-hydrogen) atoms. The first-order chi connectivity index (χ1) is 7.49. The van der Waals surface area contributed by atoms with Gasteiger partial charge in [0.05, 0.1) is 6.42 Å². The number of benzene rings is 1. The lowest BCUT2D eigenvalue weighted by Crippen LogP contribution is -2.07. The van der Waals surface area contributed by atoms with Crippen LogP contribution in [0.1, 0.15) is 18.4 Å². The van der Waals surface area contributed by atoms with Crippen LogP contribution in [-0.4, -0.2) is 16.9 Å². The molecule has 0 saturated carbocycles. The van der Waals surface area contributed by atoms with Crippen molar-refractivity contribution in [2.24, 2.45) is 0 Å². The number of carbonyl (C=O) groups excluding carboxylic acids is 1. The molecule has 86 valence electrons. The molecule has 1 N–H and O–H groups in total. The number of Topliss-reactive ketones (excluding diaryl/α,β-unsaturated/α-hetero) is 1. The predicted molar refractivity (Wildman–Crippen MR) is 51.9 cm³/mol. The van der Waals surface area contributed by atoms with Gasteiger partial charge < -0.3 is 5.11 Å². The normalized spacial score (nSPS) is 10.1. The van der Waals surface area contributed by atoms with Crippen molar-refractivity contribution in [1.29, 1.82) is 0 Å². The summed E-state index contributed by atoms with van der Waals surface area (Å²) in [6, 6.07) is 2.94.